The Bertz CT molecular complexity index is 600. The van der Waals surface area contributed by atoms with Gasteiger partial charge in [0.15, 0.2) is 5.78 Å². The molecule has 0 saturated heterocycles. The fourth-order valence-corrected chi connectivity index (χ4v) is 4.83. The van der Waals surface area contributed by atoms with Crippen molar-refractivity contribution in [2.24, 2.45) is 0 Å². The molecule has 5 heteroatoms. The Morgan fingerprint density at radius 1 is 1.37 bits per heavy atom. The van der Waals surface area contributed by atoms with Crippen LogP contribution in [-0.4, -0.2) is 16.5 Å². The molecule has 0 spiro atoms. The largest absolute Gasteiger partial charge is 0.293 e. The average Bonchev–Trinajstić information content (AvgIpc) is 2.82. The van der Waals surface area contributed by atoms with Gasteiger partial charge in [-0.2, -0.15) is 11.8 Å². The number of hydrogen-bond acceptors (Lipinski definition) is 4. The van der Waals surface area contributed by atoms with E-state index in [2.05, 4.69) is 27.0 Å². The molecule has 0 N–H and O–H groups in total. The molecule has 0 aliphatic carbocycles. The number of halogens is 1. The second kappa shape index (κ2) is 5.77. The summed E-state index contributed by atoms with van der Waals surface area (Å²) < 4.78 is 0.916. The Kier molecular flexibility index (Phi) is 4.05. The maximum atomic E-state index is 12.3. The van der Waals surface area contributed by atoms with Gasteiger partial charge in [-0.05, 0) is 51.4 Å². The first-order valence-electron chi connectivity index (χ1n) is 6.04. The average molecular weight is 354 g/mol. The van der Waals surface area contributed by atoms with Gasteiger partial charge in [0.05, 0.1) is 4.88 Å². The molecule has 1 aliphatic heterocycles. The van der Waals surface area contributed by atoms with E-state index in [0.717, 1.165) is 27.1 Å². The summed E-state index contributed by atoms with van der Waals surface area (Å²) in [7, 11) is 0. The minimum atomic E-state index is 0.198. The van der Waals surface area contributed by atoms with Crippen LogP contribution in [0.3, 0.4) is 0 Å². The van der Waals surface area contributed by atoms with Gasteiger partial charge in [-0.1, -0.05) is 0 Å². The first-order chi connectivity index (χ1) is 9.22. The number of thiophene rings is 1. The Morgan fingerprint density at radius 2 is 2.26 bits per heavy atom. The molecule has 0 unspecified atom stereocenters. The summed E-state index contributed by atoms with van der Waals surface area (Å²) in [4.78, 5) is 18.7. The van der Waals surface area contributed by atoms with Gasteiger partial charge in [0.25, 0.3) is 0 Å². The zero-order valence-corrected chi connectivity index (χ0v) is 13.4. The lowest BCUT2D eigenvalue weighted by Gasteiger charge is -2.08. The molecule has 0 fully saturated rings. The molecule has 0 bridgehead atoms. The summed E-state index contributed by atoms with van der Waals surface area (Å²) >= 11 is 7.00. The Labute approximate surface area is 128 Å². The van der Waals surface area contributed by atoms with E-state index in [1.165, 1.54) is 16.2 Å². The van der Waals surface area contributed by atoms with Crippen molar-refractivity contribution in [3.05, 3.63) is 49.9 Å². The first kappa shape index (κ1) is 13.3. The van der Waals surface area contributed by atoms with Crippen LogP contribution in [0.25, 0.3) is 0 Å². The zero-order valence-electron chi connectivity index (χ0n) is 10.2. The fourth-order valence-electron chi connectivity index (χ4n) is 2.11. The summed E-state index contributed by atoms with van der Waals surface area (Å²) in [5.41, 5.74) is 2.32. The number of thioether (sulfide) groups is 1. The summed E-state index contributed by atoms with van der Waals surface area (Å²) in [6.07, 6.45) is 5.02. The lowest BCUT2D eigenvalue weighted by atomic mass is 10.1. The van der Waals surface area contributed by atoms with E-state index < -0.39 is 0 Å². The number of hydrogen-bond donors (Lipinski definition) is 0. The quantitative estimate of drug-likeness (QED) is 0.777. The second-order valence-electron chi connectivity index (χ2n) is 4.47. The molecule has 2 nitrogen and oxygen atoms in total. The second-order valence-corrected chi connectivity index (χ2v) is 7.63. The number of nitrogens with zero attached hydrogens (tertiary/aromatic N) is 1. The highest BCUT2D eigenvalue weighted by molar-refractivity contribution is 9.10. The Morgan fingerprint density at radius 3 is 3.05 bits per heavy atom. The van der Waals surface area contributed by atoms with Gasteiger partial charge in [-0.3, -0.25) is 9.78 Å². The van der Waals surface area contributed by atoms with Crippen molar-refractivity contribution in [3.8, 4) is 0 Å². The van der Waals surface area contributed by atoms with Gasteiger partial charge >= 0.3 is 0 Å². The van der Waals surface area contributed by atoms with Crippen LogP contribution >= 0.6 is 39.0 Å². The van der Waals surface area contributed by atoms with Crippen molar-refractivity contribution in [2.75, 3.05) is 5.75 Å². The zero-order chi connectivity index (χ0) is 13.2. The predicted octanol–water partition coefficient (Wildman–Crippen LogP) is 4.12. The molecule has 0 aromatic carbocycles. The van der Waals surface area contributed by atoms with Crippen LogP contribution in [0, 0.1) is 0 Å². The topological polar surface area (TPSA) is 30.0 Å². The summed E-state index contributed by atoms with van der Waals surface area (Å²) in [6.45, 7) is 0. The molecule has 0 saturated carbocycles. The van der Waals surface area contributed by atoms with E-state index in [0.29, 0.717) is 6.42 Å². The minimum absolute atomic E-state index is 0.198. The number of Topliss-reactive ketones (excluding diaryl/α,β-unsaturated/α-hetero) is 1. The Hall–Kier alpha value is -0.650. The van der Waals surface area contributed by atoms with Crippen LogP contribution in [0.2, 0.25) is 0 Å². The number of aromatic nitrogens is 1. The molecule has 3 rings (SSSR count). The van der Waals surface area contributed by atoms with Crippen molar-refractivity contribution in [2.45, 2.75) is 18.6 Å². The van der Waals surface area contributed by atoms with Crippen LogP contribution in [-0.2, 0) is 18.6 Å². The summed E-state index contributed by atoms with van der Waals surface area (Å²) in [6, 6.07) is 4.04. The Balaban J connectivity index is 1.78. The number of ketones is 1. The predicted molar refractivity (Wildman–Crippen MR) is 84.2 cm³/mol. The molecule has 1 aliphatic rings. The van der Waals surface area contributed by atoms with E-state index in [-0.39, 0.29) is 5.78 Å². The number of aryl methyl sites for hydroxylation is 1. The maximum absolute atomic E-state index is 12.3. The third-order valence-electron chi connectivity index (χ3n) is 3.03. The van der Waals surface area contributed by atoms with Crippen molar-refractivity contribution < 1.29 is 4.79 Å². The summed E-state index contributed by atoms with van der Waals surface area (Å²) in [5, 5.41) is 0. The lowest BCUT2D eigenvalue weighted by Crippen LogP contribution is -2.01. The van der Waals surface area contributed by atoms with Gasteiger partial charge in [0, 0.05) is 33.9 Å². The normalized spacial score (nSPS) is 14.2. The van der Waals surface area contributed by atoms with E-state index >= 15 is 0 Å². The van der Waals surface area contributed by atoms with Crippen LogP contribution < -0.4 is 0 Å². The van der Waals surface area contributed by atoms with Crippen molar-refractivity contribution in [3.63, 3.8) is 0 Å². The number of pyridine rings is 1. The first-order valence-corrected chi connectivity index (χ1v) is 8.81. The molecule has 19 heavy (non-hydrogen) atoms. The van der Waals surface area contributed by atoms with Crippen molar-refractivity contribution in [1.29, 1.82) is 0 Å². The van der Waals surface area contributed by atoms with E-state index in [1.54, 1.807) is 23.7 Å². The van der Waals surface area contributed by atoms with E-state index in [4.69, 9.17) is 0 Å². The van der Waals surface area contributed by atoms with Gasteiger partial charge < -0.3 is 0 Å². The fraction of sp³-hybridized carbons (Fsp3) is 0.286. The van der Waals surface area contributed by atoms with Crippen LogP contribution in [0.5, 0.6) is 0 Å². The molecule has 2 aromatic heterocycles. The van der Waals surface area contributed by atoms with Crippen molar-refractivity contribution in [1.82, 2.24) is 4.98 Å². The number of carbonyl (C=O) groups excluding carboxylic acids is 1. The molecule has 2 aromatic rings. The molecule has 0 amide bonds. The van der Waals surface area contributed by atoms with Crippen LogP contribution in [0.4, 0.5) is 0 Å². The summed E-state index contributed by atoms with van der Waals surface area (Å²) in [5.74, 6) is 2.43. The number of fused-ring (bicyclic) bond motifs is 1. The van der Waals surface area contributed by atoms with E-state index in [1.807, 2.05) is 17.8 Å². The SMILES string of the molecule is O=C(Cc1cncc(Br)c1)c1cc2c(s1)CCSC2. The third-order valence-corrected chi connectivity index (χ3v) is 5.75. The van der Waals surface area contributed by atoms with Gasteiger partial charge in [-0.25, -0.2) is 0 Å². The molecular formula is C14H12BrNOS2. The highest BCUT2D eigenvalue weighted by Gasteiger charge is 2.17. The third kappa shape index (κ3) is 3.09. The molecule has 3 heterocycles. The van der Waals surface area contributed by atoms with Gasteiger partial charge in [0.2, 0.25) is 0 Å². The smallest absolute Gasteiger partial charge is 0.177 e. The van der Waals surface area contributed by atoms with Crippen LogP contribution in [0.15, 0.2) is 29.0 Å². The monoisotopic (exact) mass is 353 g/mol. The van der Waals surface area contributed by atoms with Gasteiger partial charge in [0.1, 0.15) is 0 Å². The van der Waals surface area contributed by atoms with Gasteiger partial charge in [-0.15, -0.1) is 11.3 Å². The molecular weight excluding hydrogens is 342 g/mol. The number of carbonyl (C=O) groups is 1. The molecule has 98 valence electrons. The van der Waals surface area contributed by atoms with Crippen LogP contribution in [0.1, 0.15) is 25.7 Å². The molecule has 0 radical (unpaired) electrons. The highest BCUT2D eigenvalue weighted by Crippen LogP contribution is 2.32. The molecule has 0 atom stereocenters. The standard InChI is InChI=1S/C14H12BrNOS2/c15-11-3-9(6-16-7-11)4-12(17)14-5-10-8-18-2-1-13(10)19-14/h3,5-7H,1-2,4,8H2. The van der Waals surface area contributed by atoms with E-state index in [9.17, 15) is 4.79 Å². The minimum Gasteiger partial charge on any atom is -0.293 e. The van der Waals surface area contributed by atoms with Crippen molar-refractivity contribution >= 4 is 44.8 Å². The lowest BCUT2D eigenvalue weighted by molar-refractivity contribution is 0.0996. The maximum Gasteiger partial charge on any atom is 0.177 e. The number of rotatable bonds is 3. The highest BCUT2D eigenvalue weighted by atomic mass is 79.9.